The summed E-state index contributed by atoms with van der Waals surface area (Å²) < 4.78 is 4.57. The first-order chi connectivity index (χ1) is 8.08. The quantitative estimate of drug-likeness (QED) is 0.609. The van der Waals surface area contributed by atoms with Crippen LogP contribution in [0.1, 0.15) is 37.8 Å². The lowest BCUT2D eigenvalue weighted by molar-refractivity contribution is 0.142. The van der Waals surface area contributed by atoms with Gasteiger partial charge in [0.1, 0.15) is 0 Å². The molecule has 0 saturated carbocycles. The highest BCUT2D eigenvalue weighted by atomic mass is 16.7. The molecule has 4 heteroatoms. The summed E-state index contributed by atoms with van der Waals surface area (Å²) in [5.74, 6) is -0.0268. The van der Waals surface area contributed by atoms with Crippen LogP contribution >= 0.6 is 0 Å². The summed E-state index contributed by atoms with van der Waals surface area (Å²) >= 11 is 0. The Morgan fingerprint density at radius 1 is 1.35 bits per heavy atom. The number of benzene rings is 1. The summed E-state index contributed by atoms with van der Waals surface area (Å²) in [6.07, 6.45) is 2.06. The monoisotopic (exact) mass is 238 g/mol. The fraction of sp³-hybridized carbons (Fsp3) is 0.462. The number of aryl methyl sites for hydroxylation is 2. The molecule has 0 atom stereocenters. The third-order valence-corrected chi connectivity index (χ3v) is 2.62. The van der Waals surface area contributed by atoms with Gasteiger partial charge in [-0.2, -0.15) is 0 Å². The summed E-state index contributed by atoms with van der Waals surface area (Å²) in [5, 5.41) is 18.5. The Labute approximate surface area is 101 Å². The van der Waals surface area contributed by atoms with Crippen LogP contribution in [0.25, 0.3) is 0 Å². The van der Waals surface area contributed by atoms with E-state index in [4.69, 9.17) is 5.11 Å². The molecule has 94 valence electrons. The van der Waals surface area contributed by atoms with E-state index in [1.165, 1.54) is 0 Å². The molecule has 0 heterocycles. The first-order valence-corrected chi connectivity index (χ1v) is 5.84. The molecule has 1 rings (SSSR count). The van der Waals surface area contributed by atoms with E-state index >= 15 is 0 Å². The normalized spacial score (nSPS) is 10.2. The van der Waals surface area contributed by atoms with Crippen LogP contribution < -0.4 is 4.74 Å². The standard InChI is InChI=1S/C13H18O4/c1-3-5-6-10-7-9(4-2)8-11(12(10)14)17-13(15)16/h7-8,14H,3-6H2,1-2H3,(H,15,16). The molecule has 1 aromatic carbocycles. The molecule has 0 amide bonds. The van der Waals surface area contributed by atoms with E-state index in [9.17, 15) is 9.90 Å². The van der Waals surface area contributed by atoms with Gasteiger partial charge in [0.15, 0.2) is 11.5 Å². The highest BCUT2D eigenvalue weighted by molar-refractivity contribution is 5.64. The molecular formula is C13H18O4. The Hall–Kier alpha value is -1.71. The average Bonchev–Trinajstić information content (AvgIpc) is 2.29. The summed E-state index contributed by atoms with van der Waals surface area (Å²) in [6.45, 7) is 4.04. The molecule has 0 radical (unpaired) electrons. The Morgan fingerprint density at radius 2 is 2.06 bits per heavy atom. The van der Waals surface area contributed by atoms with Gasteiger partial charge < -0.3 is 14.9 Å². The number of hydrogen-bond acceptors (Lipinski definition) is 3. The van der Waals surface area contributed by atoms with E-state index < -0.39 is 6.16 Å². The van der Waals surface area contributed by atoms with Crippen molar-refractivity contribution in [1.29, 1.82) is 0 Å². The van der Waals surface area contributed by atoms with Crippen LogP contribution in [0.4, 0.5) is 4.79 Å². The van der Waals surface area contributed by atoms with E-state index in [1.807, 2.05) is 13.0 Å². The maximum atomic E-state index is 10.5. The smallest absolute Gasteiger partial charge is 0.504 e. The van der Waals surface area contributed by atoms with Crippen LogP contribution in [-0.4, -0.2) is 16.4 Å². The van der Waals surface area contributed by atoms with E-state index in [0.717, 1.165) is 36.8 Å². The molecule has 0 aliphatic rings. The number of phenols is 1. The van der Waals surface area contributed by atoms with Gasteiger partial charge in [-0.25, -0.2) is 4.79 Å². The summed E-state index contributed by atoms with van der Waals surface area (Å²) in [4.78, 5) is 10.5. The lowest BCUT2D eigenvalue weighted by Gasteiger charge is -2.11. The fourth-order valence-electron chi connectivity index (χ4n) is 1.66. The number of aromatic hydroxyl groups is 1. The maximum absolute atomic E-state index is 10.5. The summed E-state index contributed by atoms with van der Waals surface area (Å²) in [6, 6.07) is 3.47. The highest BCUT2D eigenvalue weighted by Gasteiger charge is 2.13. The largest absolute Gasteiger partial charge is 0.511 e. The summed E-state index contributed by atoms with van der Waals surface area (Å²) in [7, 11) is 0. The maximum Gasteiger partial charge on any atom is 0.511 e. The average molecular weight is 238 g/mol. The zero-order valence-electron chi connectivity index (χ0n) is 10.2. The second kappa shape index (κ2) is 6.13. The van der Waals surface area contributed by atoms with Gasteiger partial charge in [0.2, 0.25) is 0 Å². The molecule has 0 spiro atoms. The number of ether oxygens (including phenoxy) is 1. The van der Waals surface area contributed by atoms with Crippen molar-refractivity contribution >= 4 is 6.16 Å². The number of rotatable bonds is 5. The predicted octanol–water partition coefficient (Wildman–Crippen LogP) is 3.35. The third kappa shape index (κ3) is 3.66. The topological polar surface area (TPSA) is 66.8 Å². The zero-order chi connectivity index (χ0) is 12.8. The predicted molar refractivity (Wildman–Crippen MR) is 64.7 cm³/mol. The van der Waals surface area contributed by atoms with E-state index in [2.05, 4.69) is 11.7 Å². The first kappa shape index (κ1) is 13.4. The minimum atomic E-state index is -1.41. The van der Waals surface area contributed by atoms with Crippen molar-refractivity contribution in [3.63, 3.8) is 0 Å². The Kier molecular flexibility index (Phi) is 4.82. The van der Waals surface area contributed by atoms with Gasteiger partial charge in [0.05, 0.1) is 0 Å². The number of hydrogen-bond donors (Lipinski definition) is 2. The van der Waals surface area contributed by atoms with Gasteiger partial charge in [-0.3, -0.25) is 0 Å². The van der Waals surface area contributed by atoms with E-state index in [0.29, 0.717) is 0 Å². The van der Waals surface area contributed by atoms with Crippen molar-refractivity contribution < 1.29 is 19.7 Å². The third-order valence-electron chi connectivity index (χ3n) is 2.62. The SMILES string of the molecule is CCCCc1cc(CC)cc(OC(=O)O)c1O. The molecule has 0 aromatic heterocycles. The lowest BCUT2D eigenvalue weighted by atomic mass is 10.0. The molecule has 17 heavy (non-hydrogen) atoms. The first-order valence-electron chi connectivity index (χ1n) is 5.84. The van der Waals surface area contributed by atoms with Gasteiger partial charge in [0.25, 0.3) is 0 Å². The Morgan fingerprint density at radius 3 is 2.59 bits per heavy atom. The highest BCUT2D eigenvalue weighted by Crippen LogP contribution is 2.33. The van der Waals surface area contributed by atoms with E-state index in [1.54, 1.807) is 6.07 Å². The Bertz CT molecular complexity index is 399. The lowest BCUT2D eigenvalue weighted by Crippen LogP contribution is -2.04. The van der Waals surface area contributed by atoms with Crippen molar-refractivity contribution in [2.45, 2.75) is 39.5 Å². The molecule has 0 saturated heterocycles. The van der Waals surface area contributed by atoms with Crippen LogP contribution in [0, 0.1) is 0 Å². The van der Waals surface area contributed by atoms with Crippen LogP contribution in [-0.2, 0) is 12.8 Å². The van der Waals surface area contributed by atoms with Gasteiger partial charge in [0, 0.05) is 0 Å². The molecule has 0 aliphatic carbocycles. The molecule has 0 bridgehead atoms. The van der Waals surface area contributed by atoms with Crippen molar-refractivity contribution in [2.75, 3.05) is 0 Å². The van der Waals surface area contributed by atoms with Crippen LogP contribution in [0.15, 0.2) is 12.1 Å². The number of carbonyl (C=O) groups is 1. The van der Waals surface area contributed by atoms with Crippen molar-refractivity contribution in [3.8, 4) is 11.5 Å². The molecule has 4 nitrogen and oxygen atoms in total. The van der Waals surface area contributed by atoms with Crippen LogP contribution in [0.3, 0.4) is 0 Å². The molecule has 0 fully saturated rings. The van der Waals surface area contributed by atoms with E-state index in [-0.39, 0.29) is 11.5 Å². The van der Waals surface area contributed by atoms with Crippen LogP contribution in [0.5, 0.6) is 11.5 Å². The van der Waals surface area contributed by atoms with Gasteiger partial charge in [-0.05, 0) is 36.5 Å². The second-order valence-corrected chi connectivity index (χ2v) is 3.93. The molecular weight excluding hydrogens is 220 g/mol. The van der Waals surface area contributed by atoms with Crippen molar-refractivity contribution in [2.24, 2.45) is 0 Å². The second-order valence-electron chi connectivity index (χ2n) is 3.93. The number of carboxylic acid groups (broad SMARTS) is 1. The van der Waals surface area contributed by atoms with Crippen LogP contribution in [0.2, 0.25) is 0 Å². The minimum Gasteiger partial charge on any atom is -0.504 e. The fourth-order valence-corrected chi connectivity index (χ4v) is 1.66. The summed E-state index contributed by atoms with van der Waals surface area (Å²) in [5.41, 5.74) is 1.72. The molecule has 1 aromatic rings. The van der Waals surface area contributed by atoms with Crippen molar-refractivity contribution in [1.82, 2.24) is 0 Å². The number of phenolic OH excluding ortho intramolecular Hbond substituents is 1. The minimum absolute atomic E-state index is 0.0305. The van der Waals surface area contributed by atoms with Gasteiger partial charge in [-0.1, -0.05) is 26.3 Å². The Balaban J connectivity index is 3.06. The molecule has 2 N–H and O–H groups in total. The molecule has 0 unspecified atom stereocenters. The molecule has 0 aliphatic heterocycles. The number of unbranched alkanes of at least 4 members (excludes halogenated alkanes) is 1. The van der Waals surface area contributed by atoms with Gasteiger partial charge >= 0.3 is 6.16 Å². The van der Waals surface area contributed by atoms with Crippen molar-refractivity contribution in [3.05, 3.63) is 23.3 Å². The van der Waals surface area contributed by atoms with Gasteiger partial charge in [-0.15, -0.1) is 0 Å². The zero-order valence-corrected chi connectivity index (χ0v) is 10.2.